The number of hydrogen-bond donors (Lipinski definition) is 0. The van der Waals surface area contributed by atoms with E-state index in [1.54, 1.807) is 11.8 Å². The van der Waals surface area contributed by atoms with Crippen LogP contribution >= 0.6 is 11.8 Å². The SMILES string of the molecule is CCSCCS(=O)(=O)c1cccc(F)c1. The molecule has 1 aromatic rings. The fraction of sp³-hybridized carbons (Fsp3) is 0.400. The first kappa shape index (κ1) is 12.5. The van der Waals surface area contributed by atoms with Crippen molar-refractivity contribution in [3.63, 3.8) is 0 Å². The van der Waals surface area contributed by atoms with Crippen LogP contribution in [0, 0.1) is 5.82 Å². The Morgan fingerprint density at radius 2 is 2.13 bits per heavy atom. The lowest BCUT2D eigenvalue weighted by molar-refractivity contribution is 0.592. The van der Waals surface area contributed by atoms with Gasteiger partial charge in [0, 0.05) is 5.75 Å². The molecule has 15 heavy (non-hydrogen) atoms. The molecule has 1 aromatic carbocycles. The summed E-state index contributed by atoms with van der Waals surface area (Å²) in [5.41, 5.74) is 0. The molecule has 0 aliphatic rings. The molecule has 84 valence electrons. The van der Waals surface area contributed by atoms with Gasteiger partial charge in [-0.1, -0.05) is 13.0 Å². The Labute approximate surface area is 93.8 Å². The van der Waals surface area contributed by atoms with E-state index in [1.807, 2.05) is 6.92 Å². The van der Waals surface area contributed by atoms with Crippen molar-refractivity contribution in [3.05, 3.63) is 30.1 Å². The minimum absolute atomic E-state index is 0.0644. The van der Waals surface area contributed by atoms with Crippen molar-refractivity contribution < 1.29 is 12.8 Å². The van der Waals surface area contributed by atoms with Crippen LogP contribution in [0.4, 0.5) is 4.39 Å². The van der Waals surface area contributed by atoms with E-state index in [-0.39, 0.29) is 10.6 Å². The largest absolute Gasteiger partial charge is 0.224 e. The summed E-state index contributed by atoms with van der Waals surface area (Å²) in [6.07, 6.45) is 0. The van der Waals surface area contributed by atoms with Gasteiger partial charge in [0.25, 0.3) is 0 Å². The Morgan fingerprint density at radius 3 is 2.73 bits per heavy atom. The van der Waals surface area contributed by atoms with E-state index < -0.39 is 15.7 Å². The first-order chi connectivity index (χ1) is 7.06. The quantitative estimate of drug-likeness (QED) is 0.750. The molecule has 0 amide bonds. The van der Waals surface area contributed by atoms with Crippen molar-refractivity contribution >= 4 is 21.6 Å². The standard InChI is InChI=1S/C10H13FO2S2/c1-2-14-6-7-15(12,13)10-5-3-4-9(11)8-10/h3-5,8H,2,6-7H2,1H3. The minimum atomic E-state index is -3.32. The average molecular weight is 248 g/mol. The van der Waals surface area contributed by atoms with Crippen LogP contribution in [0.15, 0.2) is 29.2 Å². The molecular weight excluding hydrogens is 235 g/mol. The predicted molar refractivity (Wildman–Crippen MR) is 61.5 cm³/mol. The highest BCUT2D eigenvalue weighted by molar-refractivity contribution is 8.00. The van der Waals surface area contributed by atoms with Crippen molar-refractivity contribution in [1.82, 2.24) is 0 Å². The Kier molecular flexibility index (Phi) is 4.60. The van der Waals surface area contributed by atoms with Gasteiger partial charge < -0.3 is 0 Å². The Morgan fingerprint density at radius 1 is 1.40 bits per heavy atom. The molecule has 0 saturated carbocycles. The average Bonchev–Trinajstić information content (AvgIpc) is 2.18. The molecule has 5 heteroatoms. The number of benzene rings is 1. The van der Waals surface area contributed by atoms with Gasteiger partial charge in [-0.3, -0.25) is 0 Å². The first-order valence-electron chi connectivity index (χ1n) is 4.62. The summed E-state index contributed by atoms with van der Waals surface area (Å²) >= 11 is 1.56. The number of hydrogen-bond acceptors (Lipinski definition) is 3. The number of halogens is 1. The lowest BCUT2D eigenvalue weighted by Gasteiger charge is -2.03. The molecule has 1 rings (SSSR count). The summed E-state index contributed by atoms with van der Waals surface area (Å²) in [6, 6.07) is 5.13. The highest BCUT2D eigenvalue weighted by Crippen LogP contribution is 2.14. The molecule has 0 fully saturated rings. The van der Waals surface area contributed by atoms with Gasteiger partial charge in [-0.2, -0.15) is 11.8 Å². The zero-order valence-electron chi connectivity index (χ0n) is 8.44. The molecule has 0 unspecified atom stereocenters. The first-order valence-corrected chi connectivity index (χ1v) is 7.43. The second-order valence-corrected chi connectivity index (χ2v) is 6.48. The van der Waals surface area contributed by atoms with Gasteiger partial charge in [-0.25, -0.2) is 12.8 Å². The summed E-state index contributed by atoms with van der Waals surface area (Å²) < 4.78 is 36.2. The van der Waals surface area contributed by atoms with Crippen molar-refractivity contribution in [1.29, 1.82) is 0 Å². The van der Waals surface area contributed by atoms with Gasteiger partial charge in [-0.15, -0.1) is 0 Å². The summed E-state index contributed by atoms with van der Waals surface area (Å²) in [5, 5.41) is 0. The van der Waals surface area contributed by atoms with Crippen molar-refractivity contribution in [2.45, 2.75) is 11.8 Å². The molecule has 0 heterocycles. The number of sulfone groups is 1. The zero-order valence-corrected chi connectivity index (χ0v) is 10.1. The van der Waals surface area contributed by atoms with Crippen molar-refractivity contribution in [3.8, 4) is 0 Å². The molecule has 0 saturated heterocycles. The van der Waals surface area contributed by atoms with Gasteiger partial charge in [0.1, 0.15) is 5.82 Å². The van der Waals surface area contributed by atoms with Gasteiger partial charge in [0.15, 0.2) is 9.84 Å². The van der Waals surface area contributed by atoms with Crippen LogP contribution in [-0.4, -0.2) is 25.7 Å². The van der Waals surface area contributed by atoms with Crippen molar-refractivity contribution in [2.24, 2.45) is 0 Å². The molecule has 0 N–H and O–H groups in total. The van der Waals surface area contributed by atoms with E-state index in [0.717, 1.165) is 11.8 Å². The maximum Gasteiger partial charge on any atom is 0.179 e. The minimum Gasteiger partial charge on any atom is -0.224 e. The molecule has 0 bridgehead atoms. The fourth-order valence-electron chi connectivity index (χ4n) is 1.09. The van der Waals surface area contributed by atoms with E-state index in [1.165, 1.54) is 18.2 Å². The maximum atomic E-state index is 12.8. The fourth-order valence-corrected chi connectivity index (χ4v) is 3.54. The van der Waals surface area contributed by atoms with E-state index in [9.17, 15) is 12.8 Å². The third kappa shape index (κ3) is 3.83. The van der Waals surface area contributed by atoms with E-state index in [2.05, 4.69) is 0 Å². The van der Waals surface area contributed by atoms with Gasteiger partial charge in [-0.05, 0) is 24.0 Å². The van der Waals surface area contributed by atoms with Gasteiger partial charge in [0.2, 0.25) is 0 Å². The Bertz CT molecular complexity index is 415. The molecular formula is C10H13FO2S2. The third-order valence-electron chi connectivity index (χ3n) is 1.86. The third-order valence-corrected chi connectivity index (χ3v) is 4.73. The van der Waals surface area contributed by atoms with E-state index in [0.29, 0.717) is 5.75 Å². The second kappa shape index (κ2) is 5.51. The predicted octanol–water partition coefficient (Wildman–Crippen LogP) is 2.35. The van der Waals surface area contributed by atoms with Crippen LogP contribution in [0.5, 0.6) is 0 Å². The van der Waals surface area contributed by atoms with Crippen LogP contribution in [0.1, 0.15) is 6.92 Å². The monoisotopic (exact) mass is 248 g/mol. The lowest BCUT2D eigenvalue weighted by atomic mass is 10.4. The molecule has 0 spiro atoms. The topological polar surface area (TPSA) is 34.1 Å². The highest BCUT2D eigenvalue weighted by atomic mass is 32.2. The second-order valence-electron chi connectivity index (χ2n) is 2.97. The molecule has 0 aliphatic carbocycles. The van der Waals surface area contributed by atoms with Crippen LogP contribution in [-0.2, 0) is 9.84 Å². The summed E-state index contributed by atoms with van der Waals surface area (Å²) in [6.45, 7) is 1.97. The van der Waals surface area contributed by atoms with Crippen LogP contribution < -0.4 is 0 Å². The highest BCUT2D eigenvalue weighted by Gasteiger charge is 2.14. The van der Waals surface area contributed by atoms with Crippen LogP contribution in [0.3, 0.4) is 0 Å². The molecule has 0 atom stereocenters. The van der Waals surface area contributed by atoms with Crippen molar-refractivity contribution in [2.75, 3.05) is 17.3 Å². The molecule has 0 aromatic heterocycles. The van der Waals surface area contributed by atoms with Gasteiger partial charge >= 0.3 is 0 Å². The molecule has 2 nitrogen and oxygen atoms in total. The lowest BCUT2D eigenvalue weighted by Crippen LogP contribution is -2.09. The zero-order chi connectivity index (χ0) is 11.3. The smallest absolute Gasteiger partial charge is 0.179 e. The number of rotatable bonds is 5. The summed E-state index contributed by atoms with van der Waals surface area (Å²) in [7, 11) is -3.32. The Balaban J connectivity index is 2.77. The summed E-state index contributed by atoms with van der Waals surface area (Å²) in [5.74, 6) is 0.988. The van der Waals surface area contributed by atoms with Crippen LogP contribution in [0.25, 0.3) is 0 Å². The molecule has 0 radical (unpaired) electrons. The number of thioether (sulfide) groups is 1. The molecule has 0 aliphatic heterocycles. The van der Waals surface area contributed by atoms with E-state index in [4.69, 9.17) is 0 Å². The normalized spacial score (nSPS) is 11.6. The summed E-state index contributed by atoms with van der Waals surface area (Å²) in [4.78, 5) is 0.0687. The Hall–Kier alpha value is -0.550. The maximum absolute atomic E-state index is 12.8. The van der Waals surface area contributed by atoms with Crippen LogP contribution in [0.2, 0.25) is 0 Å². The van der Waals surface area contributed by atoms with E-state index >= 15 is 0 Å². The van der Waals surface area contributed by atoms with Gasteiger partial charge in [0.05, 0.1) is 10.6 Å².